The van der Waals surface area contributed by atoms with Crippen LogP contribution in [-0.4, -0.2) is 38.0 Å². The van der Waals surface area contributed by atoms with Gasteiger partial charge in [-0.3, -0.25) is 14.4 Å². The zero-order valence-corrected chi connectivity index (χ0v) is 20.7. The molecule has 1 aliphatic rings. The molecule has 1 saturated heterocycles. The summed E-state index contributed by atoms with van der Waals surface area (Å²) < 4.78 is 16.1. The van der Waals surface area contributed by atoms with Crippen molar-refractivity contribution in [1.82, 2.24) is 0 Å². The second-order valence-electron chi connectivity index (χ2n) is 7.96. The fourth-order valence-electron chi connectivity index (χ4n) is 3.62. The Morgan fingerprint density at radius 3 is 2.28 bits per heavy atom. The van der Waals surface area contributed by atoms with Crippen LogP contribution in [0.3, 0.4) is 0 Å². The zero-order chi connectivity index (χ0) is 25.7. The van der Waals surface area contributed by atoms with Gasteiger partial charge in [-0.2, -0.15) is 0 Å². The number of rotatable bonds is 8. The standard InChI is InChI=1S/C26H22Cl2N2O6/c1-34-19-7-9-21(10-8-19)36-20-5-3-18(4-6-20)30-14-16(12-25(30)32)26(33)35-15-24(31)29-23-13-17(27)2-11-22(23)28/h2-11,13,16H,12,14-15H2,1H3,(H,29,31)/t16-/m1/s1. The molecule has 186 valence electrons. The van der Waals surface area contributed by atoms with Crippen LogP contribution in [-0.2, 0) is 19.1 Å². The summed E-state index contributed by atoms with van der Waals surface area (Å²) in [7, 11) is 1.59. The van der Waals surface area contributed by atoms with Crippen LogP contribution < -0.4 is 19.7 Å². The summed E-state index contributed by atoms with van der Waals surface area (Å²) in [5.74, 6) is -0.128. The highest BCUT2D eigenvalue weighted by atomic mass is 35.5. The largest absolute Gasteiger partial charge is 0.497 e. The lowest BCUT2D eigenvalue weighted by Crippen LogP contribution is -2.28. The third-order valence-electron chi connectivity index (χ3n) is 5.45. The first-order valence-electron chi connectivity index (χ1n) is 11.0. The minimum atomic E-state index is -0.685. The van der Waals surface area contributed by atoms with Gasteiger partial charge in [-0.1, -0.05) is 23.2 Å². The number of carbonyl (C=O) groups excluding carboxylic acids is 3. The highest BCUT2D eigenvalue weighted by Gasteiger charge is 2.36. The number of carbonyl (C=O) groups is 3. The van der Waals surface area contributed by atoms with Gasteiger partial charge < -0.3 is 24.4 Å². The van der Waals surface area contributed by atoms with Crippen LogP contribution in [0.15, 0.2) is 66.7 Å². The quantitative estimate of drug-likeness (QED) is 0.397. The van der Waals surface area contributed by atoms with Crippen molar-refractivity contribution in [3.63, 3.8) is 0 Å². The molecule has 1 fully saturated rings. The number of nitrogens with one attached hydrogen (secondary N) is 1. The van der Waals surface area contributed by atoms with E-state index in [-0.39, 0.29) is 18.9 Å². The summed E-state index contributed by atoms with van der Waals surface area (Å²) in [5.41, 5.74) is 0.942. The van der Waals surface area contributed by atoms with Crippen molar-refractivity contribution in [2.24, 2.45) is 5.92 Å². The number of anilines is 2. The van der Waals surface area contributed by atoms with Gasteiger partial charge in [0.25, 0.3) is 5.91 Å². The van der Waals surface area contributed by atoms with Gasteiger partial charge in [0, 0.05) is 23.7 Å². The lowest BCUT2D eigenvalue weighted by Gasteiger charge is -2.17. The Bertz CT molecular complexity index is 1260. The minimum absolute atomic E-state index is 0.00925. The summed E-state index contributed by atoms with van der Waals surface area (Å²) in [5, 5.41) is 3.24. The number of ether oxygens (including phenoxy) is 3. The fourth-order valence-corrected chi connectivity index (χ4v) is 3.96. The first-order chi connectivity index (χ1) is 17.3. The van der Waals surface area contributed by atoms with Crippen LogP contribution in [0, 0.1) is 5.92 Å². The normalized spacial score (nSPS) is 14.9. The molecule has 8 nitrogen and oxygen atoms in total. The van der Waals surface area contributed by atoms with Crippen molar-refractivity contribution in [3.05, 3.63) is 76.8 Å². The topological polar surface area (TPSA) is 94.2 Å². The van der Waals surface area contributed by atoms with E-state index in [1.165, 1.54) is 11.0 Å². The number of hydrogen-bond acceptors (Lipinski definition) is 6. The Hall–Kier alpha value is -3.75. The average Bonchev–Trinajstić information content (AvgIpc) is 3.27. The molecule has 1 heterocycles. The van der Waals surface area contributed by atoms with Gasteiger partial charge in [0.2, 0.25) is 5.91 Å². The van der Waals surface area contributed by atoms with Crippen molar-refractivity contribution in [2.75, 3.05) is 30.5 Å². The maximum absolute atomic E-state index is 12.5. The summed E-state index contributed by atoms with van der Waals surface area (Å²) in [6.45, 7) is -0.359. The molecule has 36 heavy (non-hydrogen) atoms. The molecule has 3 aromatic carbocycles. The van der Waals surface area contributed by atoms with Gasteiger partial charge in [0.05, 0.1) is 23.7 Å². The molecule has 0 unspecified atom stereocenters. The maximum Gasteiger partial charge on any atom is 0.311 e. The van der Waals surface area contributed by atoms with E-state index in [1.807, 2.05) is 0 Å². The van der Waals surface area contributed by atoms with Crippen molar-refractivity contribution in [1.29, 1.82) is 0 Å². The minimum Gasteiger partial charge on any atom is -0.497 e. The number of halogens is 2. The zero-order valence-electron chi connectivity index (χ0n) is 19.2. The van der Waals surface area contributed by atoms with E-state index in [9.17, 15) is 14.4 Å². The van der Waals surface area contributed by atoms with Crippen LogP contribution in [0.2, 0.25) is 10.0 Å². The Morgan fingerprint density at radius 1 is 0.972 bits per heavy atom. The van der Waals surface area contributed by atoms with E-state index in [2.05, 4.69) is 5.32 Å². The molecule has 1 atom stereocenters. The van der Waals surface area contributed by atoms with E-state index < -0.39 is 24.4 Å². The van der Waals surface area contributed by atoms with Crippen LogP contribution >= 0.6 is 23.2 Å². The van der Waals surface area contributed by atoms with Gasteiger partial charge in [-0.15, -0.1) is 0 Å². The van der Waals surface area contributed by atoms with Crippen molar-refractivity contribution in [2.45, 2.75) is 6.42 Å². The summed E-state index contributed by atoms with van der Waals surface area (Å²) in [6.07, 6.45) is -0.00925. The molecule has 0 aliphatic carbocycles. The Morgan fingerprint density at radius 2 is 1.61 bits per heavy atom. The number of amides is 2. The average molecular weight is 529 g/mol. The second kappa shape index (κ2) is 11.3. The van der Waals surface area contributed by atoms with E-state index in [1.54, 1.807) is 67.8 Å². The smallest absolute Gasteiger partial charge is 0.311 e. The van der Waals surface area contributed by atoms with Crippen LogP contribution in [0.5, 0.6) is 17.2 Å². The number of benzene rings is 3. The molecule has 2 amide bonds. The summed E-state index contributed by atoms with van der Waals surface area (Å²) in [6, 6.07) is 18.8. The predicted octanol–water partition coefficient (Wildman–Crippen LogP) is 5.33. The van der Waals surface area contributed by atoms with E-state index in [0.717, 1.165) is 5.75 Å². The molecular formula is C26H22Cl2N2O6. The number of hydrogen-bond donors (Lipinski definition) is 1. The molecule has 4 rings (SSSR count). The number of esters is 1. The van der Waals surface area contributed by atoms with E-state index in [4.69, 9.17) is 37.4 Å². The molecule has 1 N–H and O–H groups in total. The van der Waals surface area contributed by atoms with Gasteiger partial charge in [0.1, 0.15) is 17.2 Å². The monoisotopic (exact) mass is 528 g/mol. The molecule has 10 heteroatoms. The fraction of sp³-hybridized carbons (Fsp3) is 0.192. The lowest BCUT2D eigenvalue weighted by atomic mass is 10.1. The van der Waals surface area contributed by atoms with E-state index >= 15 is 0 Å². The Balaban J connectivity index is 1.29. The lowest BCUT2D eigenvalue weighted by molar-refractivity contribution is -0.151. The molecule has 0 bridgehead atoms. The molecule has 0 radical (unpaired) electrons. The summed E-state index contributed by atoms with van der Waals surface area (Å²) in [4.78, 5) is 38.7. The van der Waals surface area contributed by atoms with Crippen LogP contribution in [0.1, 0.15) is 6.42 Å². The van der Waals surface area contributed by atoms with Crippen LogP contribution in [0.25, 0.3) is 0 Å². The van der Waals surface area contributed by atoms with Crippen molar-refractivity contribution in [3.8, 4) is 17.2 Å². The highest BCUT2D eigenvalue weighted by molar-refractivity contribution is 6.35. The predicted molar refractivity (Wildman–Crippen MR) is 136 cm³/mol. The number of nitrogens with zero attached hydrogens (tertiary/aromatic N) is 1. The first kappa shape index (κ1) is 25.3. The SMILES string of the molecule is COc1ccc(Oc2ccc(N3C[C@H](C(=O)OCC(=O)Nc4cc(Cl)ccc4Cl)CC3=O)cc2)cc1. The second-order valence-corrected chi connectivity index (χ2v) is 8.80. The Labute approximate surface area is 217 Å². The van der Waals surface area contributed by atoms with Gasteiger partial charge in [-0.05, 0) is 66.7 Å². The van der Waals surface area contributed by atoms with Gasteiger partial charge >= 0.3 is 5.97 Å². The van der Waals surface area contributed by atoms with E-state index in [0.29, 0.717) is 32.9 Å². The van der Waals surface area contributed by atoms with Gasteiger partial charge in [-0.25, -0.2) is 0 Å². The molecule has 3 aromatic rings. The van der Waals surface area contributed by atoms with Crippen molar-refractivity contribution >= 4 is 52.4 Å². The maximum atomic E-state index is 12.5. The molecule has 0 spiro atoms. The Kier molecular flexibility index (Phi) is 7.97. The van der Waals surface area contributed by atoms with Gasteiger partial charge in [0.15, 0.2) is 6.61 Å². The van der Waals surface area contributed by atoms with Crippen molar-refractivity contribution < 1.29 is 28.6 Å². The molecule has 0 saturated carbocycles. The van der Waals surface area contributed by atoms with Crippen LogP contribution in [0.4, 0.5) is 11.4 Å². The molecule has 0 aromatic heterocycles. The molecule has 1 aliphatic heterocycles. The summed E-state index contributed by atoms with van der Waals surface area (Å²) >= 11 is 11.9. The third-order valence-corrected chi connectivity index (χ3v) is 6.01. The number of methoxy groups -OCH3 is 1. The highest BCUT2D eigenvalue weighted by Crippen LogP contribution is 2.30. The third kappa shape index (κ3) is 6.27. The first-order valence-corrected chi connectivity index (χ1v) is 11.7. The molecular weight excluding hydrogens is 507 g/mol.